The van der Waals surface area contributed by atoms with Crippen molar-refractivity contribution in [3.63, 3.8) is 0 Å². The number of hydrogen-bond donors (Lipinski definition) is 0. The number of rotatable bonds is 12. The molecule has 0 amide bonds. The fraction of sp³-hybridized carbons (Fsp3) is 0.462. The predicted octanol–water partition coefficient (Wildman–Crippen LogP) is 7.44. The van der Waals surface area contributed by atoms with E-state index in [-0.39, 0.29) is 0 Å². The van der Waals surface area contributed by atoms with Crippen LogP contribution in [-0.2, 0) is 0 Å². The van der Waals surface area contributed by atoms with Crippen LogP contribution in [0.3, 0.4) is 0 Å². The van der Waals surface area contributed by atoms with Crippen LogP contribution in [0.1, 0.15) is 64.9 Å². The molecule has 0 atom stereocenters. The first-order valence-corrected chi connectivity index (χ1v) is 10.8. The maximum atomic E-state index is 2.64. The van der Waals surface area contributed by atoms with Crippen LogP contribution in [0.2, 0.25) is 0 Å². The molecule has 0 heterocycles. The summed E-state index contributed by atoms with van der Waals surface area (Å²) in [5.74, 6) is 0. The van der Waals surface area contributed by atoms with Crippen molar-refractivity contribution in [3.8, 4) is 11.1 Å². The Morgan fingerprint density at radius 2 is 1.37 bits per heavy atom. The van der Waals surface area contributed by atoms with Crippen molar-refractivity contribution in [1.29, 1.82) is 0 Å². The second kappa shape index (κ2) is 12.5. The Morgan fingerprint density at radius 1 is 0.778 bits per heavy atom. The maximum absolute atomic E-state index is 2.64. The van der Waals surface area contributed by atoms with E-state index >= 15 is 0 Å². The third-order valence-electron chi connectivity index (χ3n) is 5.25. The van der Waals surface area contributed by atoms with Crippen LogP contribution >= 0.6 is 0 Å². The Hall–Kier alpha value is -1.86. The van der Waals surface area contributed by atoms with Crippen LogP contribution in [0.15, 0.2) is 60.7 Å². The van der Waals surface area contributed by atoms with E-state index in [0.29, 0.717) is 0 Å². The molecule has 1 heteroatoms. The molecule has 27 heavy (non-hydrogen) atoms. The van der Waals surface area contributed by atoms with Gasteiger partial charge in [0.2, 0.25) is 0 Å². The Bertz CT molecular complexity index is 662. The van der Waals surface area contributed by atoms with E-state index < -0.39 is 0 Å². The van der Waals surface area contributed by atoms with Crippen LogP contribution in [0.25, 0.3) is 16.7 Å². The van der Waals surface area contributed by atoms with Crippen LogP contribution in [0.5, 0.6) is 0 Å². The number of allylic oxidation sites excluding steroid dienone is 1. The smallest absolute Gasteiger partial charge is 0.0169 e. The van der Waals surface area contributed by atoms with Crippen LogP contribution in [-0.4, -0.2) is 24.5 Å². The first-order valence-electron chi connectivity index (χ1n) is 10.8. The lowest BCUT2D eigenvalue weighted by Gasteiger charge is -2.21. The summed E-state index contributed by atoms with van der Waals surface area (Å²) >= 11 is 0. The molecule has 0 N–H and O–H groups in total. The minimum absolute atomic E-state index is 1.06. The van der Waals surface area contributed by atoms with Gasteiger partial charge in [-0.3, -0.25) is 4.90 Å². The van der Waals surface area contributed by atoms with Crippen molar-refractivity contribution in [2.24, 2.45) is 0 Å². The molecule has 0 bridgehead atoms. The van der Waals surface area contributed by atoms with Crippen LogP contribution in [0, 0.1) is 0 Å². The van der Waals surface area contributed by atoms with Gasteiger partial charge in [-0.25, -0.2) is 0 Å². The molecule has 0 fully saturated rings. The van der Waals surface area contributed by atoms with Gasteiger partial charge in [0.25, 0.3) is 0 Å². The summed E-state index contributed by atoms with van der Waals surface area (Å²) in [4.78, 5) is 2.64. The largest absolute Gasteiger partial charge is 0.300 e. The molecule has 0 spiro atoms. The summed E-state index contributed by atoms with van der Waals surface area (Å²) in [5, 5.41) is 0. The minimum atomic E-state index is 1.06. The predicted molar refractivity (Wildman–Crippen MR) is 121 cm³/mol. The maximum Gasteiger partial charge on any atom is 0.0169 e. The number of hydrogen-bond acceptors (Lipinski definition) is 1. The third-order valence-corrected chi connectivity index (χ3v) is 5.25. The monoisotopic (exact) mass is 363 g/mol. The molecule has 0 aliphatic rings. The summed E-state index contributed by atoms with van der Waals surface area (Å²) in [6, 6.07) is 19.5. The Balaban J connectivity index is 2.10. The van der Waals surface area contributed by atoms with Gasteiger partial charge in [0.05, 0.1) is 0 Å². The number of benzene rings is 2. The molecule has 0 unspecified atom stereocenters. The van der Waals surface area contributed by atoms with E-state index in [1.165, 1.54) is 73.9 Å². The van der Waals surface area contributed by atoms with E-state index in [9.17, 15) is 0 Å². The van der Waals surface area contributed by atoms with Gasteiger partial charge in [0.1, 0.15) is 0 Å². The molecule has 1 nitrogen and oxygen atoms in total. The molecule has 0 saturated carbocycles. The van der Waals surface area contributed by atoms with E-state index in [1.54, 1.807) is 0 Å². The van der Waals surface area contributed by atoms with Gasteiger partial charge in [-0.2, -0.15) is 0 Å². The normalized spacial score (nSPS) is 11.9. The van der Waals surface area contributed by atoms with Gasteiger partial charge in [-0.1, -0.05) is 100 Å². The van der Waals surface area contributed by atoms with E-state index in [4.69, 9.17) is 0 Å². The Morgan fingerprint density at radius 3 is 2.00 bits per heavy atom. The van der Waals surface area contributed by atoms with Crippen molar-refractivity contribution < 1.29 is 0 Å². The standard InChI is InChI=1S/C26H37N/c1-4-6-13-20-27(21-14-7-5-2)22-19-23(3)25-17-11-12-18-26(25)24-15-9-8-10-16-24/h8-12,15-19H,4-7,13-14,20-22H2,1-3H3. The zero-order valence-corrected chi connectivity index (χ0v) is 17.6. The Kier molecular flexibility index (Phi) is 9.94. The van der Waals surface area contributed by atoms with E-state index in [1.807, 2.05) is 0 Å². The van der Waals surface area contributed by atoms with E-state index in [2.05, 4.69) is 86.3 Å². The highest BCUT2D eigenvalue weighted by atomic mass is 15.1. The van der Waals surface area contributed by atoms with Crippen LogP contribution < -0.4 is 0 Å². The summed E-state index contributed by atoms with van der Waals surface area (Å²) in [7, 11) is 0. The quantitative estimate of drug-likeness (QED) is 0.354. The second-order valence-electron chi connectivity index (χ2n) is 7.51. The van der Waals surface area contributed by atoms with Crippen molar-refractivity contribution >= 4 is 5.57 Å². The lowest BCUT2D eigenvalue weighted by atomic mass is 9.95. The first-order chi connectivity index (χ1) is 13.3. The van der Waals surface area contributed by atoms with Gasteiger partial charge in [-0.15, -0.1) is 0 Å². The van der Waals surface area contributed by atoms with E-state index in [0.717, 1.165) is 6.54 Å². The van der Waals surface area contributed by atoms with Gasteiger partial charge < -0.3 is 0 Å². The number of unbranched alkanes of at least 4 members (excludes halogenated alkanes) is 4. The SMILES string of the molecule is CCCCCN(CC=C(C)c1ccccc1-c1ccccc1)CCCCC. The minimum Gasteiger partial charge on any atom is -0.300 e. The summed E-state index contributed by atoms with van der Waals surface area (Å²) in [5.41, 5.74) is 5.36. The topological polar surface area (TPSA) is 3.24 Å². The average molecular weight is 364 g/mol. The fourth-order valence-electron chi connectivity index (χ4n) is 3.54. The van der Waals surface area contributed by atoms with Crippen molar-refractivity contribution in [2.75, 3.05) is 19.6 Å². The zero-order valence-electron chi connectivity index (χ0n) is 17.6. The molecule has 0 saturated heterocycles. The fourth-order valence-corrected chi connectivity index (χ4v) is 3.54. The number of nitrogens with zero attached hydrogens (tertiary/aromatic N) is 1. The summed E-state index contributed by atoms with van der Waals surface area (Å²) < 4.78 is 0. The summed E-state index contributed by atoms with van der Waals surface area (Å²) in [6.07, 6.45) is 10.3. The molecule has 146 valence electrons. The highest BCUT2D eigenvalue weighted by molar-refractivity contribution is 5.80. The molecule has 0 aromatic heterocycles. The molecular weight excluding hydrogens is 326 g/mol. The highest BCUT2D eigenvalue weighted by Crippen LogP contribution is 2.28. The zero-order chi connectivity index (χ0) is 19.3. The van der Waals surface area contributed by atoms with Gasteiger partial charge in [-0.05, 0) is 55.1 Å². The van der Waals surface area contributed by atoms with Gasteiger partial charge in [0, 0.05) is 6.54 Å². The Labute approximate surface area is 167 Å². The first kappa shape index (κ1) is 21.4. The second-order valence-corrected chi connectivity index (χ2v) is 7.51. The lowest BCUT2D eigenvalue weighted by molar-refractivity contribution is 0.288. The third kappa shape index (κ3) is 7.34. The highest BCUT2D eigenvalue weighted by Gasteiger charge is 2.07. The van der Waals surface area contributed by atoms with Crippen molar-refractivity contribution in [1.82, 2.24) is 4.90 Å². The van der Waals surface area contributed by atoms with Gasteiger partial charge >= 0.3 is 0 Å². The molecule has 2 aromatic rings. The molecule has 0 aliphatic heterocycles. The molecule has 2 aromatic carbocycles. The van der Waals surface area contributed by atoms with Crippen LogP contribution in [0.4, 0.5) is 0 Å². The lowest BCUT2D eigenvalue weighted by Crippen LogP contribution is -2.26. The molecule has 2 rings (SSSR count). The molecular formula is C26H37N. The summed E-state index contributed by atoms with van der Waals surface area (Å²) in [6.45, 7) is 10.3. The van der Waals surface area contributed by atoms with Crippen molar-refractivity contribution in [2.45, 2.75) is 59.3 Å². The molecule has 0 aliphatic carbocycles. The van der Waals surface area contributed by atoms with Crippen molar-refractivity contribution in [3.05, 3.63) is 66.2 Å². The van der Waals surface area contributed by atoms with Gasteiger partial charge in [0.15, 0.2) is 0 Å². The average Bonchev–Trinajstić information content (AvgIpc) is 2.72. The molecule has 0 radical (unpaired) electrons.